The molecule has 0 unspecified atom stereocenters. The van der Waals surface area contributed by atoms with Crippen molar-refractivity contribution in [1.82, 2.24) is 14.7 Å². The van der Waals surface area contributed by atoms with Crippen molar-refractivity contribution in [1.29, 1.82) is 0 Å². The van der Waals surface area contributed by atoms with Crippen molar-refractivity contribution in [2.45, 2.75) is 38.5 Å². The molecule has 1 N–H and O–H groups in total. The van der Waals surface area contributed by atoms with E-state index in [-0.39, 0.29) is 5.91 Å². The standard InChI is InChI=1S/C21H24ClN3O/c22-20-17(25-6-2-1-3-18(25)24-20)4-5-19(26)23-13-21-10-14-7-15(11-21)9-16(8-14)12-21/h1-6,14-16H,7-13H2,(H,23,26)/b5-4+. The molecule has 0 aliphatic heterocycles. The molecule has 2 aromatic heterocycles. The molecule has 0 saturated heterocycles. The summed E-state index contributed by atoms with van der Waals surface area (Å²) in [6.45, 7) is 0.820. The Morgan fingerprint density at radius 1 is 1.23 bits per heavy atom. The Bertz CT molecular complexity index is 849. The van der Waals surface area contributed by atoms with Crippen LogP contribution in [0.3, 0.4) is 0 Å². The normalized spacial score (nSPS) is 32.6. The summed E-state index contributed by atoms with van der Waals surface area (Å²) in [6.07, 6.45) is 13.5. The summed E-state index contributed by atoms with van der Waals surface area (Å²) in [6, 6.07) is 5.75. The minimum absolute atomic E-state index is 0.0392. The second-order valence-electron chi connectivity index (χ2n) is 8.69. The molecule has 6 rings (SSSR count). The molecule has 0 spiro atoms. The molecule has 4 aliphatic carbocycles. The third kappa shape index (κ3) is 2.84. The molecule has 5 heteroatoms. The Balaban J connectivity index is 1.26. The van der Waals surface area contributed by atoms with Gasteiger partial charge in [-0.2, -0.15) is 0 Å². The number of fused-ring (bicyclic) bond motifs is 1. The van der Waals surface area contributed by atoms with E-state index in [2.05, 4.69) is 10.3 Å². The van der Waals surface area contributed by atoms with Gasteiger partial charge in [0.25, 0.3) is 0 Å². The Morgan fingerprint density at radius 3 is 2.62 bits per heavy atom. The highest BCUT2D eigenvalue weighted by Gasteiger charge is 2.50. The number of nitrogens with zero attached hydrogens (tertiary/aromatic N) is 2. The van der Waals surface area contributed by atoms with Gasteiger partial charge in [-0.25, -0.2) is 4.98 Å². The molecule has 1 amide bonds. The molecule has 2 aromatic rings. The molecular formula is C21H24ClN3O. The molecule has 26 heavy (non-hydrogen) atoms. The van der Waals surface area contributed by atoms with Crippen LogP contribution in [0.4, 0.5) is 0 Å². The summed E-state index contributed by atoms with van der Waals surface area (Å²) in [7, 11) is 0. The van der Waals surface area contributed by atoms with Crippen molar-refractivity contribution in [3.8, 4) is 0 Å². The number of imidazole rings is 1. The van der Waals surface area contributed by atoms with Crippen LogP contribution in [0.5, 0.6) is 0 Å². The van der Waals surface area contributed by atoms with Crippen molar-refractivity contribution in [2.24, 2.45) is 23.2 Å². The summed E-state index contributed by atoms with van der Waals surface area (Å²) in [4.78, 5) is 16.7. The van der Waals surface area contributed by atoms with Crippen LogP contribution in [0, 0.1) is 23.2 Å². The summed E-state index contributed by atoms with van der Waals surface area (Å²) in [5.74, 6) is 2.68. The SMILES string of the molecule is O=C(/C=C/c1c(Cl)nc2ccccn12)NCC12CC3CC(CC(C3)C1)C2. The lowest BCUT2D eigenvalue weighted by atomic mass is 9.49. The molecule has 136 valence electrons. The van der Waals surface area contributed by atoms with Crippen LogP contribution < -0.4 is 5.32 Å². The molecule has 0 atom stereocenters. The van der Waals surface area contributed by atoms with E-state index in [1.54, 1.807) is 12.2 Å². The maximum atomic E-state index is 12.4. The molecule has 0 radical (unpaired) electrons. The Kier molecular flexibility index (Phi) is 3.85. The second kappa shape index (κ2) is 6.12. The van der Waals surface area contributed by atoms with Gasteiger partial charge in [-0.15, -0.1) is 0 Å². The molecule has 4 nitrogen and oxygen atoms in total. The van der Waals surface area contributed by atoms with Gasteiger partial charge in [0.2, 0.25) is 5.91 Å². The van der Waals surface area contributed by atoms with Crippen LogP contribution in [0.25, 0.3) is 11.7 Å². The number of aromatic nitrogens is 2. The first kappa shape index (κ1) is 16.4. The summed E-state index contributed by atoms with van der Waals surface area (Å²) >= 11 is 6.22. The van der Waals surface area contributed by atoms with Gasteiger partial charge >= 0.3 is 0 Å². The lowest BCUT2D eigenvalue weighted by Crippen LogP contribution is -2.51. The number of halogens is 1. The van der Waals surface area contributed by atoms with E-state index >= 15 is 0 Å². The zero-order chi connectivity index (χ0) is 17.7. The average Bonchev–Trinajstić information content (AvgIpc) is 2.92. The minimum Gasteiger partial charge on any atom is -0.352 e. The van der Waals surface area contributed by atoms with Gasteiger partial charge in [-0.3, -0.25) is 9.20 Å². The lowest BCUT2D eigenvalue weighted by Gasteiger charge is -2.56. The number of amides is 1. The van der Waals surface area contributed by atoms with Gasteiger partial charge in [0.15, 0.2) is 5.15 Å². The summed E-state index contributed by atoms with van der Waals surface area (Å²) in [5.41, 5.74) is 1.89. The average molecular weight is 370 g/mol. The van der Waals surface area contributed by atoms with Crippen LogP contribution in [-0.4, -0.2) is 21.8 Å². The van der Waals surface area contributed by atoms with Crippen LogP contribution >= 0.6 is 11.6 Å². The maximum absolute atomic E-state index is 12.4. The van der Waals surface area contributed by atoms with E-state index in [4.69, 9.17) is 11.6 Å². The van der Waals surface area contributed by atoms with Crippen molar-refractivity contribution >= 4 is 29.2 Å². The first-order valence-corrected chi connectivity index (χ1v) is 10.1. The van der Waals surface area contributed by atoms with Gasteiger partial charge in [0.05, 0.1) is 5.69 Å². The summed E-state index contributed by atoms with van der Waals surface area (Å²) < 4.78 is 1.89. The Morgan fingerprint density at radius 2 is 1.92 bits per heavy atom. The van der Waals surface area contributed by atoms with Crippen molar-refractivity contribution in [2.75, 3.05) is 6.54 Å². The largest absolute Gasteiger partial charge is 0.352 e. The third-order valence-electron chi connectivity index (χ3n) is 6.72. The van der Waals surface area contributed by atoms with E-state index in [1.807, 2.05) is 28.8 Å². The monoisotopic (exact) mass is 369 g/mol. The Hall–Kier alpha value is -1.81. The zero-order valence-electron chi connectivity index (χ0n) is 14.8. The van der Waals surface area contributed by atoms with Crippen LogP contribution in [-0.2, 0) is 4.79 Å². The number of carbonyl (C=O) groups excluding carboxylic acids is 1. The van der Waals surface area contributed by atoms with E-state index in [0.29, 0.717) is 10.6 Å². The predicted octanol–water partition coefficient (Wildman–Crippen LogP) is 4.33. The lowest BCUT2D eigenvalue weighted by molar-refractivity contribution is -0.118. The van der Waals surface area contributed by atoms with Gasteiger partial charge in [-0.1, -0.05) is 17.7 Å². The van der Waals surface area contributed by atoms with Gasteiger partial charge < -0.3 is 5.32 Å². The van der Waals surface area contributed by atoms with Crippen LogP contribution in [0.1, 0.15) is 44.2 Å². The topological polar surface area (TPSA) is 46.4 Å². The molecule has 4 bridgehead atoms. The highest BCUT2D eigenvalue weighted by molar-refractivity contribution is 6.31. The third-order valence-corrected chi connectivity index (χ3v) is 7.00. The molecule has 4 saturated carbocycles. The van der Waals surface area contributed by atoms with Gasteiger partial charge in [-0.05, 0) is 79.9 Å². The fourth-order valence-corrected chi connectivity index (χ4v) is 6.37. The first-order chi connectivity index (χ1) is 12.6. The number of carbonyl (C=O) groups is 1. The van der Waals surface area contributed by atoms with Gasteiger partial charge in [0, 0.05) is 18.8 Å². The van der Waals surface area contributed by atoms with Crippen LogP contribution in [0.15, 0.2) is 30.5 Å². The molecule has 4 fully saturated rings. The maximum Gasteiger partial charge on any atom is 0.244 e. The van der Waals surface area contributed by atoms with E-state index in [9.17, 15) is 4.79 Å². The molecule has 2 heterocycles. The van der Waals surface area contributed by atoms with Crippen molar-refractivity contribution < 1.29 is 4.79 Å². The first-order valence-electron chi connectivity index (χ1n) is 9.69. The van der Waals surface area contributed by atoms with E-state index in [1.165, 1.54) is 38.5 Å². The van der Waals surface area contributed by atoms with Crippen molar-refractivity contribution in [3.63, 3.8) is 0 Å². The quantitative estimate of drug-likeness (QED) is 0.815. The highest BCUT2D eigenvalue weighted by Crippen LogP contribution is 2.59. The Labute approximate surface area is 158 Å². The molecule has 4 aliphatic rings. The zero-order valence-corrected chi connectivity index (χ0v) is 15.6. The van der Waals surface area contributed by atoms with Crippen LogP contribution in [0.2, 0.25) is 5.15 Å². The number of pyridine rings is 1. The number of nitrogens with one attached hydrogen (secondary N) is 1. The smallest absolute Gasteiger partial charge is 0.244 e. The van der Waals surface area contributed by atoms with Crippen molar-refractivity contribution in [3.05, 3.63) is 41.3 Å². The second-order valence-corrected chi connectivity index (χ2v) is 9.04. The number of hydrogen-bond acceptors (Lipinski definition) is 2. The summed E-state index contributed by atoms with van der Waals surface area (Å²) in [5, 5.41) is 3.59. The fraction of sp³-hybridized carbons (Fsp3) is 0.524. The minimum atomic E-state index is -0.0392. The molecular weight excluding hydrogens is 346 g/mol. The number of rotatable bonds is 4. The molecule has 0 aromatic carbocycles. The van der Waals surface area contributed by atoms with E-state index in [0.717, 1.165) is 35.6 Å². The number of hydrogen-bond donors (Lipinski definition) is 1. The highest BCUT2D eigenvalue weighted by atomic mass is 35.5. The van der Waals surface area contributed by atoms with E-state index < -0.39 is 0 Å². The fourth-order valence-electron chi connectivity index (χ4n) is 6.13. The van der Waals surface area contributed by atoms with Gasteiger partial charge in [0.1, 0.15) is 5.65 Å². The predicted molar refractivity (Wildman–Crippen MR) is 103 cm³/mol.